The first-order valence-electron chi connectivity index (χ1n) is 3.62. The fourth-order valence-electron chi connectivity index (χ4n) is 0.760. The molecule has 0 aliphatic carbocycles. The van der Waals surface area contributed by atoms with E-state index in [-0.39, 0.29) is 19.6 Å². The van der Waals surface area contributed by atoms with Gasteiger partial charge in [0.2, 0.25) is 0 Å². The van der Waals surface area contributed by atoms with Crippen molar-refractivity contribution in [2.45, 2.75) is 34.3 Å². The lowest BCUT2D eigenvalue weighted by Gasteiger charge is -1.99. The van der Waals surface area contributed by atoms with E-state index in [9.17, 15) is 4.79 Å². The van der Waals surface area contributed by atoms with Crippen LogP contribution in [0.4, 0.5) is 4.79 Å². The molecule has 1 atom stereocenters. The minimum atomic E-state index is -0.211. The van der Waals surface area contributed by atoms with Crippen LogP contribution in [0.15, 0.2) is 0 Å². The normalized spacial score (nSPS) is 21.3. The summed E-state index contributed by atoms with van der Waals surface area (Å²) >= 11 is 0. The van der Waals surface area contributed by atoms with Crippen LogP contribution in [0.1, 0.15) is 28.2 Å². The molecule has 0 aromatic rings. The molecule has 3 heteroatoms. The number of likely N-dealkylation sites (N-methyl/N-ethyl adjacent to an activating group) is 1. The SMILES string of the molecule is C.CC.CC1CN(C)C(=O)O1. The van der Waals surface area contributed by atoms with Gasteiger partial charge >= 0.3 is 6.09 Å². The number of rotatable bonds is 0. The lowest BCUT2D eigenvalue weighted by molar-refractivity contribution is 0.141. The summed E-state index contributed by atoms with van der Waals surface area (Å²) in [6.45, 7) is 6.60. The zero-order valence-electron chi connectivity index (χ0n) is 7.05. The van der Waals surface area contributed by atoms with Gasteiger partial charge < -0.3 is 9.64 Å². The van der Waals surface area contributed by atoms with Gasteiger partial charge in [0, 0.05) is 7.05 Å². The number of amides is 1. The van der Waals surface area contributed by atoms with Crippen LogP contribution < -0.4 is 0 Å². The van der Waals surface area contributed by atoms with Crippen molar-refractivity contribution in [1.29, 1.82) is 0 Å². The number of carbonyl (C=O) groups excluding carboxylic acids is 1. The van der Waals surface area contributed by atoms with E-state index in [1.165, 1.54) is 0 Å². The van der Waals surface area contributed by atoms with Crippen LogP contribution in [0.3, 0.4) is 0 Å². The second-order valence-corrected chi connectivity index (χ2v) is 2.07. The summed E-state index contributed by atoms with van der Waals surface area (Å²) in [7, 11) is 1.73. The summed E-state index contributed by atoms with van der Waals surface area (Å²) in [5.41, 5.74) is 0. The number of cyclic esters (lactones) is 1. The Morgan fingerprint density at radius 3 is 2.09 bits per heavy atom. The van der Waals surface area contributed by atoms with E-state index in [0.717, 1.165) is 6.54 Å². The summed E-state index contributed by atoms with van der Waals surface area (Å²) in [5.74, 6) is 0. The van der Waals surface area contributed by atoms with Crippen molar-refractivity contribution < 1.29 is 9.53 Å². The first-order chi connectivity index (χ1) is 4.70. The maximum Gasteiger partial charge on any atom is 0.409 e. The predicted molar refractivity (Wildman–Crippen MR) is 46.7 cm³/mol. The van der Waals surface area contributed by atoms with Gasteiger partial charge in [-0.05, 0) is 6.92 Å². The lowest BCUT2D eigenvalue weighted by Crippen LogP contribution is -2.18. The van der Waals surface area contributed by atoms with Crippen molar-refractivity contribution in [3.63, 3.8) is 0 Å². The summed E-state index contributed by atoms with van der Waals surface area (Å²) in [4.78, 5) is 12.0. The highest BCUT2D eigenvalue weighted by Gasteiger charge is 2.23. The highest BCUT2D eigenvalue weighted by molar-refractivity contribution is 5.69. The zero-order chi connectivity index (χ0) is 8.15. The molecule has 1 amide bonds. The van der Waals surface area contributed by atoms with Gasteiger partial charge in [-0.15, -0.1) is 0 Å². The third-order valence-electron chi connectivity index (χ3n) is 1.14. The van der Waals surface area contributed by atoms with Gasteiger partial charge in [0.05, 0.1) is 6.54 Å². The third-order valence-corrected chi connectivity index (χ3v) is 1.14. The van der Waals surface area contributed by atoms with Gasteiger partial charge in [0.1, 0.15) is 6.10 Å². The molecule has 3 nitrogen and oxygen atoms in total. The molecule has 11 heavy (non-hydrogen) atoms. The molecule has 1 fully saturated rings. The van der Waals surface area contributed by atoms with Crippen molar-refractivity contribution >= 4 is 6.09 Å². The van der Waals surface area contributed by atoms with Crippen LogP contribution >= 0.6 is 0 Å². The molecule has 1 unspecified atom stereocenters. The maximum atomic E-state index is 10.5. The Kier molecular flexibility index (Phi) is 7.05. The number of nitrogens with zero attached hydrogens (tertiary/aromatic N) is 1. The van der Waals surface area contributed by atoms with Gasteiger partial charge in [-0.1, -0.05) is 21.3 Å². The molecule has 1 aliphatic rings. The Bertz CT molecular complexity index is 115. The van der Waals surface area contributed by atoms with Crippen LogP contribution in [0.2, 0.25) is 0 Å². The summed E-state index contributed by atoms with van der Waals surface area (Å²) < 4.78 is 4.76. The monoisotopic (exact) mass is 161 g/mol. The molecule has 1 aliphatic heterocycles. The number of hydrogen-bond acceptors (Lipinski definition) is 2. The van der Waals surface area contributed by atoms with Crippen molar-refractivity contribution in [1.82, 2.24) is 4.90 Å². The average Bonchev–Trinajstić information content (AvgIpc) is 2.16. The highest BCUT2D eigenvalue weighted by Crippen LogP contribution is 2.06. The lowest BCUT2D eigenvalue weighted by atomic mass is 10.4. The van der Waals surface area contributed by atoms with Crippen LogP contribution in [0.5, 0.6) is 0 Å². The molecular weight excluding hydrogens is 142 g/mol. The molecule has 1 heterocycles. The van der Waals surface area contributed by atoms with Gasteiger partial charge in [-0.25, -0.2) is 4.79 Å². The second kappa shape index (κ2) is 6.01. The Balaban J connectivity index is 0. The third kappa shape index (κ3) is 3.86. The first kappa shape index (κ1) is 12.9. The predicted octanol–water partition coefficient (Wildman–Crippen LogP) is 2.12. The highest BCUT2D eigenvalue weighted by atomic mass is 16.6. The van der Waals surface area contributed by atoms with Gasteiger partial charge in [-0.2, -0.15) is 0 Å². The zero-order valence-corrected chi connectivity index (χ0v) is 7.05. The Hall–Kier alpha value is -0.730. The van der Waals surface area contributed by atoms with Crippen molar-refractivity contribution in [2.75, 3.05) is 13.6 Å². The molecule has 0 saturated carbocycles. The van der Waals surface area contributed by atoms with E-state index >= 15 is 0 Å². The molecule has 0 bridgehead atoms. The van der Waals surface area contributed by atoms with Crippen molar-refractivity contribution in [2.24, 2.45) is 0 Å². The van der Waals surface area contributed by atoms with Crippen LogP contribution in [0.25, 0.3) is 0 Å². The fourth-order valence-corrected chi connectivity index (χ4v) is 0.760. The van der Waals surface area contributed by atoms with Crippen LogP contribution in [0, 0.1) is 0 Å². The van der Waals surface area contributed by atoms with E-state index in [2.05, 4.69) is 0 Å². The molecule has 1 rings (SSSR count). The molecular formula is C8H19NO2. The van der Waals surface area contributed by atoms with E-state index in [4.69, 9.17) is 4.74 Å². The Morgan fingerprint density at radius 1 is 1.55 bits per heavy atom. The smallest absolute Gasteiger partial charge is 0.409 e. The quantitative estimate of drug-likeness (QED) is 0.544. The number of ether oxygens (including phenoxy) is 1. The minimum Gasteiger partial charge on any atom is -0.445 e. The number of carbonyl (C=O) groups is 1. The maximum absolute atomic E-state index is 10.5. The molecule has 0 aromatic carbocycles. The van der Waals surface area contributed by atoms with Gasteiger partial charge in [0.25, 0.3) is 0 Å². The largest absolute Gasteiger partial charge is 0.445 e. The van der Waals surface area contributed by atoms with Crippen molar-refractivity contribution in [3.05, 3.63) is 0 Å². The standard InChI is InChI=1S/C5H9NO2.C2H6.CH4/c1-4-3-6(2)5(7)8-4;1-2;/h4H,3H2,1-2H3;1-2H3;1H4. The van der Waals surface area contributed by atoms with Gasteiger partial charge in [0.15, 0.2) is 0 Å². The summed E-state index contributed by atoms with van der Waals surface area (Å²) in [6.07, 6.45) is -0.134. The van der Waals surface area contributed by atoms with Crippen molar-refractivity contribution in [3.8, 4) is 0 Å². The van der Waals surface area contributed by atoms with Crippen LogP contribution in [-0.2, 0) is 4.74 Å². The average molecular weight is 161 g/mol. The second-order valence-electron chi connectivity index (χ2n) is 2.07. The molecule has 0 radical (unpaired) electrons. The van der Waals surface area contributed by atoms with E-state index in [0.29, 0.717) is 0 Å². The van der Waals surface area contributed by atoms with E-state index in [1.54, 1.807) is 11.9 Å². The van der Waals surface area contributed by atoms with E-state index < -0.39 is 0 Å². The molecule has 68 valence electrons. The molecule has 1 saturated heterocycles. The Labute approximate surface area is 69.3 Å². The first-order valence-corrected chi connectivity index (χ1v) is 3.62. The minimum absolute atomic E-state index is 0. The molecule has 0 N–H and O–H groups in total. The summed E-state index contributed by atoms with van der Waals surface area (Å²) in [6, 6.07) is 0. The number of hydrogen-bond donors (Lipinski definition) is 0. The summed E-state index contributed by atoms with van der Waals surface area (Å²) in [5, 5.41) is 0. The topological polar surface area (TPSA) is 29.5 Å². The molecule has 0 spiro atoms. The van der Waals surface area contributed by atoms with E-state index in [1.807, 2.05) is 20.8 Å². The van der Waals surface area contributed by atoms with Crippen LogP contribution in [-0.4, -0.2) is 30.7 Å². The fraction of sp³-hybridized carbons (Fsp3) is 0.875. The molecule has 0 aromatic heterocycles. The van der Waals surface area contributed by atoms with Gasteiger partial charge in [-0.3, -0.25) is 0 Å². The Morgan fingerprint density at radius 2 is 2.00 bits per heavy atom.